The van der Waals surface area contributed by atoms with Crippen molar-refractivity contribution in [2.24, 2.45) is 5.92 Å². The van der Waals surface area contributed by atoms with Gasteiger partial charge in [-0.15, -0.1) is 0 Å². The quantitative estimate of drug-likeness (QED) is 0.916. The fourth-order valence-electron chi connectivity index (χ4n) is 3.93. The molecule has 6 heteroatoms. The number of piperidine rings is 1. The summed E-state index contributed by atoms with van der Waals surface area (Å²) in [7, 11) is 0. The van der Waals surface area contributed by atoms with E-state index in [1.165, 1.54) is 12.1 Å². The third-order valence-electron chi connectivity index (χ3n) is 5.21. The first-order valence-electron chi connectivity index (χ1n) is 9.00. The number of carbonyl (C=O) groups excluding carboxylic acids is 1. The first kappa shape index (κ1) is 17.1. The van der Waals surface area contributed by atoms with E-state index in [4.69, 9.17) is 4.74 Å². The van der Waals surface area contributed by atoms with Crippen LogP contribution in [0, 0.1) is 11.7 Å². The summed E-state index contributed by atoms with van der Waals surface area (Å²) in [6, 6.07) is 10.5. The molecule has 136 valence electrons. The molecular formula is C20H22FN3O2. The van der Waals surface area contributed by atoms with Gasteiger partial charge in [-0.1, -0.05) is 12.1 Å². The molecule has 2 saturated heterocycles. The van der Waals surface area contributed by atoms with Crippen molar-refractivity contribution in [1.29, 1.82) is 0 Å². The molecule has 2 fully saturated rings. The minimum absolute atomic E-state index is 0.00365. The number of anilines is 1. The summed E-state index contributed by atoms with van der Waals surface area (Å²) in [5, 5.41) is 2.95. The normalized spacial score (nSPS) is 25.7. The van der Waals surface area contributed by atoms with E-state index in [1.54, 1.807) is 30.6 Å². The van der Waals surface area contributed by atoms with Gasteiger partial charge in [0.05, 0.1) is 23.9 Å². The van der Waals surface area contributed by atoms with E-state index in [9.17, 15) is 9.18 Å². The smallest absolute Gasteiger partial charge is 0.228 e. The molecule has 1 aromatic heterocycles. The standard InChI is InChI=1S/C20H22FN3O2/c21-16-5-3-14(4-6-16)12-24-13-15(10-19-18(24)7-9-26-19)20(25)23-17-2-1-8-22-11-17/h1-6,8,11,15,18-19H,7,9-10,12-13H2,(H,23,25)/t15-,18+,19+/m1/s1. The van der Waals surface area contributed by atoms with Crippen molar-refractivity contribution in [2.45, 2.75) is 31.5 Å². The molecule has 3 atom stereocenters. The van der Waals surface area contributed by atoms with Crippen molar-refractivity contribution >= 4 is 11.6 Å². The molecule has 26 heavy (non-hydrogen) atoms. The summed E-state index contributed by atoms with van der Waals surface area (Å²) in [4.78, 5) is 19.1. The van der Waals surface area contributed by atoms with Crippen LogP contribution in [0.1, 0.15) is 18.4 Å². The number of hydrogen-bond acceptors (Lipinski definition) is 4. The summed E-state index contributed by atoms with van der Waals surface area (Å²) < 4.78 is 19.0. The first-order valence-corrected chi connectivity index (χ1v) is 9.00. The van der Waals surface area contributed by atoms with Crippen molar-refractivity contribution in [3.05, 3.63) is 60.2 Å². The largest absolute Gasteiger partial charge is 0.377 e. The van der Waals surface area contributed by atoms with Crippen LogP contribution >= 0.6 is 0 Å². The van der Waals surface area contributed by atoms with E-state index in [-0.39, 0.29) is 23.7 Å². The van der Waals surface area contributed by atoms with Gasteiger partial charge in [0.1, 0.15) is 5.82 Å². The van der Waals surface area contributed by atoms with Gasteiger partial charge in [-0.2, -0.15) is 0 Å². The van der Waals surface area contributed by atoms with E-state index in [0.29, 0.717) is 24.8 Å². The molecule has 2 aromatic rings. The van der Waals surface area contributed by atoms with Crippen molar-refractivity contribution in [3.63, 3.8) is 0 Å². The molecule has 0 spiro atoms. The molecule has 1 aromatic carbocycles. The van der Waals surface area contributed by atoms with Crippen LogP contribution < -0.4 is 5.32 Å². The zero-order valence-electron chi connectivity index (χ0n) is 14.5. The maximum Gasteiger partial charge on any atom is 0.228 e. The van der Waals surface area contributed by atoms with Gasteiger partial charge in [0.15, 0.2) is 0 Å². The zero-order chi connectivity index (χ0) is 17.9. The minimum atomic E-state index is -0.233. The fraction of sp³-hybridized carbons (Fsp3) is 0.400. The number of halogens is 1. The highest BCUT2D eigenvalue weighted by Gasteiger charge is 2.42. The Balaban J connectivity index is 1.47. The number of nitrogens with zero attached hydrogens (tertiary/aromatic N) is 2. The van der Waals surface area contributed by atoms with Gasteiger partial charge in [-0.25, -0.2) is 4.39 Å². The highest BCUT2D eigenvalue weighted by Crippen LogP contribution is 2.33. The van der Waals surface area contributed by atoms with Crippen LogP contribution in [0.3, 0.4) is 0 Å². The molecule has 0 aliphatic carbocycles. The predicted octanol–water partition coefficient (Wildman–Crippen LogP) is 2.84. The van der Waals surface area contributed by atoms with Crippen LogP contribution in [0.5, 0.6) is 0 Å². The van der Waals surface area contributed by atoms with Crippen molar-refractivity contribution in [3.8, 4) is 0 Å². The highest BCUT2D eigenvalue weighted by molar-refractivity contribution is 5.92. The Kier molecular flexibility index (Phi) is 4.95. The van der Waals surface area contributed by atoms with Gasteiger partial charge in [0.2, 0.25) is 5.91 Å². The van der Waals surface area contributed by atoms with Crippen LogP contribution in [0.4, 0.5) is 10.1 Å². The summed E-state index contributed by atoms with van der Waals surface area (Å²) >= 11 is 0. The lowest BCUT2D eigenvalue weighted by Gasteiger charge is -2.40. The number of hydrogen-bond donors (Lipinski definition) is 1. The summed E-state index contributed by atoms with van der Waals surface area (Å²) in [5.41, 5.74) is 1.75. The predicted molar refractivity (Wildman–Crippen MR) is 95.9 cm³/mol. The van der Waals surface area contributed by atoms with Gasteiger partial charge in [0.25, 0.3) is 0 Å². The molecular weight excluding hydrogens is 333 g/mol. The third kappa shape index (κ3) is 3.76. The lowest BCUT2D eigenvalue weighted by atomic mass is 9.89. The van der Waals surface area contributed by atoms with Crippen molar-refractivity contribution in [1.82, 2.24) is 9.88 Å². The third-order valence-corrected chi connectivity index (χ3v) is 5.21. The number of nitrogens with one attached hydrogen (secondary N) is 1. The van der Waals surface area contributed by atoms with E-state index in [2.05, 4.69) is 15.2 Å². The minimum Gasteiger partial charge on any atom is -0.377 e. The second kappa shape index (κ2) is 7.51. The first-order chi connectivity index (χ1) is 12.7. The Hall–Kier alpha value is -2.31. The molecule has 1 N–H and O–H groups in total. The van der Waals surface area contributed by atoms with E-state index in [1.807, 2.05) is 6.07 Å². The van der Waals surface area contributed by atoms with Crippen LogP contribution in [0.2, 0.25) is 0 Å². The van der Waals surface area contributed by atoms with Crippen LogP contribution in [0.25, 0.3) is 0 Å². The van der Waals surface area contributed by atoms with E-state index < -0.39 is 0 Å². The van der Waals surface area contributed by atoms with Gasteiger partial charge in [-0.05, 0) is 42.7 Å². The second-order valence-electron chi connectivity index (χ2n) is 6.98. The topological polar surface area (TPSA) is 54.5 Å². The summed E-state index contributed by atoms with van der Waals surface area (Å²) in [5.74, 6) is -0.380. The zero-order valence-corrected chi connectivity index (χ0v) is 14.5. The van der Waals surface area contributed by atoms with Crippen molar-refractivity contribution in [2.75, 3.05) is 18.5 Å². The molecule has 0 bridgehead atoms. The molecule has 0 unspecified atom stereocenters. The number of amides is 1. The maximum atomic E-state index is 13.2. The van der Waals surface area contributed by atoms with E-state index >= 15 is 0 Å². The number of fused-ring (bicyclic) bond motifs is 1. The maximum absolute atomic E-state index is 13.2. The fourth-order valence-corrected chi connectivity index (χ4v) is 3.93. The van der Waals surface area contributed by atoms with Crippen LogP contribution in [-0.2, 0) is 16.1 Å². The van der Waals surface area contributed by atoms with Crippen LogP contribution in [0.15, 0.2) is 48.8 Å². The molecule has 5 nitrogen and oxygen atoms in total. The summed E-state index contributed by atoms with van der Waals surface area (Å²) in [6.45, 7) is 2.10. The molecule has 3 heterocycles. The molecule has 4 rings (SSSR count). The lowest BCUT2D eigenvalue weighted by molar-refractivity contribution is -0.124. The second-order valence-corrected chi connectivity index (χ2v) is 6.98. The molecule has 0 radical (unpaired) electrons. The van der Waals surface area contributed by atoms with Gasteiger partial charge in [0, 0.05) is 31.9 Å². The average molecular weight is 355 g/mol. The number of aromatic nitrogens is 1. The Labute approximate surface area is 152 Å². The molecule has 2 aliphatic rings. The lowest BCUT2D eigenvalue weighted by Crippen LogP contribution is -2.51. The van der Waals surface area contributed by atoms with Gasteiger partial charge >= 0.3 is 0 Å². The Morgan fingerprint density at radius 3 is 2.92 bits per heavy atom. The number of carbonyl (C=O) groups is 1. The Bertz CT molecular complexity index is 753. The number of pyridine rings is 1. The Morgan fingerprint density at radius 1 is 1.31 bits per heavy atom. The SMILES string of the molecule is O=C(Nc1cccnc1)[C@@H]1C[C@@H]2OCC[C@@H]2N(Cc2ccc(F)cc2)C1. The number of benzene rings is 1. The number of ether oxygens (including phenoxy) is 1. The molecule has 2 aliphatic heterocycles. The monoisotopic (exact) mass is 355 g/mol. The number of likely N-dealkylation sites (tertiary alicyclic amines) is 1. The molecule has 1 amide bonds. The van der Waals surface area contributed by atoms with E-state index in [0.717, 1.165) is 25.0 Å². The summed E-state index contributed by atoms with van der Waals surface area (Å²) in [6.07, 6.45) is 5.11. The molecule has 0 saturated carbocycles. The van der Waals surface area contributed by atoms with Gasteiger partial charge in [-0.3, -0.25) is 14.7 Å². The number of rotatable bonds is 4. The Morgan fingerprint density at radius 2 is 2.15 bits per heavy atom. The van der Waals surface area contributed by atoms with Gasteiger partial charge < -0.3 is 10.1 Å². The highest BCUT2D eigenvalue weighted by atomic mass is 19.1. The van der Waals surface area contributed by atoms with Crippen molar-refractivity contribution < 1.29 is 13.9 Å². The average Bonchev–Trinajstić information content (AvgIpc) is 3.13. The van der Waals surface area contributed by atoms with Crippen LogP contribution in [-0.4, -0.2) is 41.1 Å².